The third-order valence-electron chi connectivity index (χ3n) is 4.23. The Kier molecular flexibility index (Phi) is 5.32. The van der Waals surface area contributed by atoms with Crippen molar-refractivity contribution in [1.29, 1.82) is 0 Å². The summed E-state index contributed by atoms with van der Waals surface area (Å²) in [4.78, 5) is 0. The second-order valence-corrected chi connectivity index (χ2v) is 5.74. The molecule has 2 rings (SSSR count). The Hall–Kier alpha value is -0.960. The van der Waals surface area contributed by atoms with E-state index in [4.69, 9.17) is 0 Å². The van der Waals surface area contributed by atoms with Crippen molar-refractivity contribution in [1.82, 2.24) is 15.5 Å². The van der Waals surface area contributed by atoms with Gasteiger partial charge in [0.15, 0.2) is 0 Å². The van der Waals surface area contributed by atoms with Gasteiger partial charge in [0.05, 0.1) is 11.4 Å². The molecule has 0 aliphatic heterocycles. The van der Waals surface area contributed by atoms with Gasteiger partial charge in [0, 0.05) is 6.04 Å². The number of hydrogen-bond acceptors (Lipinski definition) is 3. The first-order chi connectivity index (χ1) is 9.24. The molecule has 1 aromatic heterocycles. The van der Waals surface area contributed by atoms with Crippen LogP contribution in [0.15, 0.2) is 6.07 Å². The normalized spacial score (nSPS) is 17.8. The Bertz CT molecular complexity index is 397. The summed E-state index contributed by atoms with van der Waals surface area (Å²) >= 11 is 0. The molecule has 3 nitrogen and oxygen atoms in total. The van der Waals surface area contributed by atoms with E-state index in [2.05, 4.69) is 35.4 Å². The second kappa shape index (κ2) is 6.99. The molecule has 0 amide bonds. The lowest BCUT2D eigenvalue weighted by Gasteiger charge is -2.23. The van der Waals surface area contributed by atoms with E-state index in [9.17, 15) is 0 Å². The summed E-state index contributed by atoms with van der Waals surface area (Å²) in [7, 11) is 0. The average molecular weight is 261 g/mol. The summed E-state index contributed by atoms with van der Waals surface area (Å²) in [5.74, 6) is 0.891. The number of rotatable bonds is 6. The lowest BCUT2D eigenvalue weighted by atomic mass is 9.92. The first-order valence-electron chi connectivity index (χ1n) is 7.81. The van der Waals surface area contributed by atoms with E-state index < -0.39 is 0 Å². The van der Waals surface area contributed by atoms with Crippen LogP contribution in [0.5, 0.6) is 0 Å². The van der Waals surface area contributed by atoms with Gasteiger partial charge in [-0.1, -0.05) is 39.5 Å². The van der Waals surface area contributed by atoms with Crippen LogP contribution in [0.3, 0.4) is 0 Å². The summed E-state index contributed by atoms with van der Waals surface area (Å²) in [6.07, 6.45) is 7.86. The Labute approximate surface area is 117 Å². The molecule has 1 atom stereocenters. The summed E-state index contributed by atoms with van der Waals surface area (Å²) < 4.78 is 0. The van der Waals surface area contributed by atoms with Crippen LogP contribution in [0.2, 0.25) is 0 Å². The molecule has 1 fully saturated rings. The zero-order valence-corrected chi connectivity index (χ0v) is 12.6. The van der Waals surface area contributed by atoms with Gasteiger partial charge in [-0.15, -0.1) is 0 Å². The molecule has 0 spiro atoms. The molecule has 19 heavy (non-hydrogen) atoms. The zero-order valence-electron chi connectivity index (χ0n) is 12.6. The molecule has 0 radical (unpaired) electrons. The molecule has 1 N–H and O–H groups in total. The lowest BCUT2D eigenvalue weighted by molar-refractivity contribution is 0.397. The number of aromatic nitrogens is 2. The minimum Gasteiger partial charge on any atom is -0.310 e. The fourth-order valence-electron chi connectivity index (χ4n) is 3.26. The first-order valence-corrected chi connectivity index (χ1v) is 7.81. The molecule has 3 heteroatoms. The zero-order chi connectivity index (χ0) is 13.7. The largest absolute Gasteiger partial charge is 0.310 e. The van der Waals surface area contributed by atoms with E-state index in [0.717, 1.165) is 30.3 Å². The van der Waals surface area contributed by atoms with Gasteiger partial charge in [-0.05, 0) is 43.9 Å². The summed E-state index contributed by atoms with van der Waals surface area (Å²) in [5.41, 5.74) is 3.57. The van der Waals surface area contributed by atoms with Crippen molar-refractivity contribution in [2.75, 3.05) is 6.54 Å². The first kappa shape index (κ1) is 14.4. The predicted molar refractivity (Wildman–Crippen MR) is 79.1 cm³/mol. The Morgan fingerprint density at radius 1 is 1.26 bits per heavy atom. The smallest absolute Gasteiger partial charge is 0.0676 e. The van der Waals surface area contributed by atoms with Crippen molar-refractivity contribution < 1.29 is 0 Å². The van der Waals surface area contributed by atoms with Gasteiger partial charge in [-0.25, -0.2) is 0 Å². The van der Waals surface area contributed by atoms with Crippen molar-refractivity contribution in [3.05, 3.63) is 23.0 Å². The van der Waals surface area contributed by atoms with Crippen LogP contribution in [0.1, 0.15) is 68.9 Å². The fourth-order valence-corrected chi connectivity index (χ4v) is 3.26. The van der Waals surface area contributed by atoms with E-state index >= 15 is 0 Å². The standard InChI is InChI=1S/C16H27N3/c1-4-15-14(10-12(3)18-19-15)16(17-5-2)11-13-8-6-7-9-13/h10,13,16-17H,4-9,11H2,1-3H3. The highest BCUT2D eigenvalue weighted by Crippen LogP contribution is 2.33. The molecule has 1 aromatic rings. The van der Waals surface area contributed by atoms with Crippen LogP contribution in [0.25, 0.3) is 0 Å². The molecule has 1 aliphatic rings. The van der Waals surface area contributed by atoms with E-state index in [1.807, 2.05) is 6.92 Å². The fraction of sp³-hybridized carbons (Fsp3) is 0.750. The van der Waals surface area contributed by atoms with E-state index in [1.54, 1.807) is 0 Å². The molecule has 0 saturated heterocycles. The molecule has 1 heterocycles. The Morgan fingerprint density at radius 2 is 2.00 bits per heavy atom. The van der Waals surface area contributed by atoms with Crippen molar-refractivity contribution in [2.24, 2.45) is 5.92 Å². The Morgan fingerprint density at radius 3 is 2.63 bits per heavy atom. The number of nitrogens with zero attached hydrogens (tertiary/aromatic N) is 2. The summed E-state index contributed by atoms with van der Waals surface area (Å²) in [6, 6.07) is 2.69. The quantitative estimate of drug-likeness (QED) is 0.850. The highest BCUT2D eigenvalue weighted by molar-refractivity contribution is 5.25. The Balaban J connectivity index is 2.18. The van der Waals surface area contributed by atoms with Crippen molar-refractivity contribution in [3.8, 4) is 0 Å². The molecule has 0 aromatic carbocycles. The van der Waals surface area contributed by atoms with Gasteiger partial charge in [-0.2, -0.15) is 10.2 Å². The average Bonchev–Trinajstić information content (AvgIpc) is 2.91. The number of aryl methyl sites for hydroxylation is 2. The van der Waals surface area contributed by atoms with Gasteiger partial charge < -0.3 is 5.32 Å². The highest BCUT2D eigenvalue weighted by atomic mass is 15.1. The minimum atomic E-state index is 0.456. The monoisotopic (exact) mass is 261 g/mol. The maximum absolute atomic E-state index is 4.38. The van der Waals surface area contributed by atoms with Crippen molar-refractivity contribution in [2.45, 2.75) is 65.3 Å². The van der Waals surface area contributed by atoms with Crippen LogP contribution < -0.4 is 5.32 Å². The maximum Gasteiger partial charge on any atom is 0.0676 e. The van der Waals surface area contributed by atoms with Gasteiger partial charge in [0.1, 0.15) is 0 Å². The SMILES string of the molecule is CCNC(CC1CCCC1)c1cc(C)nnc1CC. The number of nitrogens with one attached hydrogen (secondary N) is 1. The molecule has 106 valence electrons. The molecular weight excluding hydrogens is 234 g/mol. The molecular formula is C16H27N3. The summed E-state index contributed by atoms with van der Waals surface area (Å²) in [5, 5.41) is 12.3. The van der Waals surface area contributed by atoms with E-state index in [-0.39, 0.29) is 0 Å². The molecule has 0 bridgehead atoms. The highest BCUT2D eigenvalue weighted by Gasteiger charge is 2.22. The summed E-state index contributed by atoms with van der Waals surface area (Å²) in [6.45, 7) is 7.41. The van der Waals surface area contributed by atoms with Crippen LogP contribution in [-0.4, -0.2) is 16.7 Å². The van der Waals surface area contributed by atoms with Gasteiger partial charge >= 0.3 is 0 Å². The third kappa shape index (κ3) is 3.75. The van der Waals surface area contributed by atoms with E-state index in [0.29, 0.717) is 6.04 Å². The van der Waals surface area contributed by atoms with Crippen molar-refractivity contribution in [3.63, 3.8) is 0 Å². The van der Waals surface area contributed by atoms with Crippen LogP contribution in [0.4, 0.5) is 0 Å². The lowest BCUT2D eigenvalue weighted by Crippen LogP contribution is -2.25. The van der Waals surface area contributed by atoms with Gasteiger partial charge in [0.2, 0.25) is 0 Å². The van der Waals surface area contributed by atoms with Crippen LogP contribution in [-0.2, 0) is 6.42 Å². The van der Waals surface area contributed by atoms with Crippen molar-refractivity contribution >= 4 is 0 Å². The molecule has 1 aliphatic carbocycles. The molecule has 1 unspecified atom stereocenters. The van der Waals surface area contributed by atoms with Gasteiger partial charge in [-0.3, -0.25) is 0 Å². The predicted octanol–water partition coefficient (Wildman–Crippen LogP) is 3.58. The number of hydrogen-bond donors (Lipinski definition) is 1. The van der Waals surface area contributed by atoms with Crippen LogP contribution >= 0.6 is 0 Å². The molecule has 1 saturated carbocycles. The topological polar surface area (TPSA) is 37.8 Å². The van der Waals surface area contributed by atoms with E-state index in [1.165, 1.54) is 37.7 Å². The minimum absolute atomic E-state index is 0.456. The second-order valence-electron chi connectivity index (χ2n) is 5.74. The van der Waals surface area contributed by atoms with Gasteiger partial charge in [0.25, 0.3) is 0 Å². The third-order valence-corrected chi connectivity index (χ3v) is 4.23. The maximum atomic E-state index is 4.38. The van der Waals surface area contributed by atoms with Crippen LogP contribution in [0, 0.1) is 12.8 Å².